The number of nitrogens with zero attached hydrogens (tertiary/aromatic N) is 1. The van der Waals surface area contributed by atoms with E-state index in [0.29, 0.717) is 18.4 Å². The quantitative estimate of drug-likeness (QED) is 0.762. The lowest BCUT2D eigenvalue weighted by molar-refractivity contribution is 0.0762. The molecule has 0 heterocycles. The van der Waals surface area contributed by atoms with Crippen LogP contribution in [0.3, 0.4) is 0 Å². The molecule has 0 atom stereocenters. The highest BCUT2D eigenvalue weighted by Crippen LogP contribution is 2.10. The topological polar surface area (TPSA) is 20.3 Å². The van der Waals surface area contributed by atoms with Crippen molar-refractivity contribution < 1.29 is 9.18 Å². The van der Waals surface area contributed by atoms with Gasteiger partial charge in [-0.1, -0.05) is 35.0 Å². The molecule has 0 bridgehead atoms. The van der Waals surface area contributed by atoms with E-state index in [0.717, 1.165) is 6.42 Å². The Morgan fingerprint density at radius 2 is 2.06 bits per heavy atom. The highest BCUT2D eigenvalue weighted by Gasteiger charge is 2.17. The summed E-state index contributed by atoms with van der Waals surface area (Å²) in [5.41, 5.74) is 0.150. The lowest BCUT2D eigenvalue weighted by atomic mass is 10.2. The number of hydrogen-bond acceptors (Lipinski definition) is 1. The zero-order valence-electron chi connectivity index (χ0n) is 9.25. The summed E-state index contributed by atoms with van der Waals surface area (Å²) in [4.78, 5) is 13.7. The van der Waals surface area contributed by atoms with Crippen LogP contribution < -0.4 is 0 Å². The molecule has 0 aliphatic heterocycles. The van der Waals surface area contributed by atoms with Crippen LogP contribution in [0.4, 0.5) is 4.39 Å². The number of carbonyl (C=O) groups excluding carboxylic acids is 1. The molecule has 4 heteroatoms. The molecule has 0 fully saturated rings. The SMILES string of the molecule is CCCN(CCBr)C(=O)c1ccccc1F. The molecule has 0 N–H and O–H groups in total. The standard InChI is InChI=1S/C12H15BrFNO/c1-2-8-15(9-7-13)12(16)10-5-3-4-6-11(10)14/h3-6H,2,7-9H2,1H3. The largest absolute Gasteiger partial charge is 0.338 e. The Kier molecular flexibility index (Phi) is 5.46. The Hall–Kier alpha value is -0.900. The summed E-state index contributed by atoms with van der Waals surface area (Å²) in [5.74, 6) is -0.692. The molecule has 0 saturated carbocycles. The summed E-state index contributed by atoms with van der Waals surface area (Å²) >= 11 is 3.29. The van der Waals surface area contributed by atoms with Crippen LogP contribution in [0, 0.1) is 5.82 Å². The van der Waals surface area contributed by atoms with Crippen LogP contribution in [-0.4, -0.2) is 29.2 Å². The Morgan fingerprint density at radius 3 is 2.62 bits per heavy atom. The Labute approximate surface area is 104 Å². The van der Waals surface area contributed by atoms with E-state index in [2.05, 4.69) is 15.9 Å². The minimum Gasteiger partial charge on any atom is -0.338 e. The molecule has 0 aliphatic rings. The van der Waals surface area contributed by atoms with E-state index in [1.807, 2.05) is 6.92 Å². The summed E-state index contributed by atoms with van der Waals surface area (Å²) in [5, 5.41) is 0.702. The third-order valence-corrected chi connectivity index (χ3v) is 2.59. The fourth-order valence-electron chi connectivity index (χ4n) is 1.49. The fraction of sp³-hybridized carbons (Fsp3) is 0.417. The number of halogens is 2. The Bertz CT molecular complexity index is 351. The van der Waals surface area contributed by atoms with Crippen LogP contribution in [0.5, 0.6) is 0 Å². The van der Waals surface area contributed by atoms with Gasteiger partial charge in [0.1, 0.15) is 5.82 Å². The summed E-state index contributed by atoms with van der Waals surface area (Å²) in [6.07, 6.45) is 0.868. The van der Waals surface area contributed by atoms with E-state index < -0.39 is 5.82 Å². The van der Waals surface area contributed by atoms with Crippen molar-refractivity contribution in [3.63, 3.8) is 0 Å². The molecule has 0 aromatic heterocycles. The van der Waals surface area contributed by atoms with Gasteiger partial charge in [0.25, 0.3) is 5.91 Å². The predicted molar refractivity (Wildman–Crippen MR) is 66.4 cm³/mol. The molecule has 1 aromatic rings. The molecule has 1 amide bonds. The van der Waals surface area contributed by atoms with Crippen molar-refractivity contribution in [2.75, 3.05) is 18.4 Å². The fourth-order valence-corrected chi connectivity index (χ4v) is 1.92. The van der Waals surface area contributed by atoms with Crippen LogP contribution in [0.1, 0.15) is 23.7 Å². The van der Waals surface area contributed by atoms with Gasteiger partial charge in [0.2, 0.25) is 0 Å². The molecule has 1 aromatic carbocycles. The zero-order valence-corrected chi connectivity index (χ0v) is 10.8. The monoisotopic (exact) mass is 287 g/mol. The molecular formula is C12H15BrFNO. The van der Waals surface area contributed by atoms with Gasteiger partial charge in [-0.15, -0.1) is 0 Å². The smallest absolute Gasteiger partial charge is 0.256 e. The summed E-state index contributed by atoms with van der Waals surface area (Å²) in [6.45, 7) is 3.25. The average Bonchev–Trinajstić information content (AvgIpc) is 2.28. The molecule has 2 nitrogen and oxygen atoms in total. The minimum atomic E-state index is -0.455. The van der Waals surface area contributed by atoms with Gasteiger partial charge in [-0.2, -0.15) is 0 Å². The van der Waals surface area contributed by atoms with E-state index >= 15 is 0 Å². The molecule has 88 valence electrons. The second-order valence-corrected chi connectivity index (χ2v) is 4.25. The van der Waals surface area contributed by atoms with Crippen LogP contribution in [-0.2, 0) is 0 Å². The lowest BCUT2D eigenvalue weighted by Crippen LogP contribution is -2.33. The molecule has 0 radical (unpaired) electrons. The molecule has 16 heavy (non-hydrogen) atoms. The Balaban J connectivity index is 2.85. The number of carbonyl (C=O) groups is 1. The average molecular weight is 288 g/mol. The van der Waals surface area contributed by atoms with E-state index in [1.54, 1.807) is 17.0 Å². The van der Waals surface area contributed by atoms with Crippen LogP contribution in [0.2, 0.25) is 0 Å². The molecule has 0 saturated heterocycles. The van der Waals surface area contributed by atoms with E-state index in [1.165, 1.54) is 12.1 Å². The maximum atomic E-state index is 13.4. The van der Waals surface area contributed by atoms with Gasteiger partial charge in [-0.3, -0.25) is 4.79 Å². The first-order chi connectivity index (χ1) is 7.70. The highest BCUT2D eigenvalue weighted by molar-refractivity contribution is 9.09. The lowest BCUT2D eigenvalue weighted by Gasteiger charge is -2.21. The van der Waals surface area contributed by atoms with Gasteiger partial charge in [0.15, 0.2) is 0 Å². The van der Waals surface area contributed by atoms with Crippen molar-refractivity contribution in [2.45, 2.75) is 13.3 Å². The van der Waals surface area contributed by atoms with Gasteiger partial charge >= 0.3 is 0 Å². The highest BCUT2D eigenvalue weighted by atomic mass is 79.9. The van der Waals surface area contributed by atoms with Crippen molar-refractivity contribution in [1.29, 1.82) is 0 Å². The third-order valence-electron chi connectivity index (χ3n) is 2.24. The van der Waals surface area contributed by atoms with E-state index in [4.69, 9.17) is 0 Å². The van der Waals surface area contributed by atoms with E-state index in [9.17, 15) is 9.18 Å². The van der Waals surface area contributed by atoms with Gasteiger partial charge < -0.3 is 4.90 Å². The summed E-state index contributed by atoms with van der Waals surface area (Å²) in [6, 6.07) is 6.09. The van der Waals surface area contributed by atoms with Gasteiger partial charge in [-0.25, -0.2) is 4.39 Å². The van der Waals surface area contributed by atoms with Crippen molar-refractivity contribution in [1.82, 2.24) is 4.90 Å². The van der Waals surface area contributed by atoms with Crippen molar-refractivity contribution in [3.8, 4) is 0 Å². The van der Waals surface area contributed by atoms with Crippen LogP contribution in [0.15, 0.2) is 24.3 Å². The minimum absolute atomic E-state index is 0.150. The summed E-state index contributed by atoms with van der Waals surface area (Å²) < 4.78 is 13.4. The maximum Gasteiger partial charge on any atom is 0.256 e. The van der Waals surface area contributed by atoms with Gasteiger partial charge in [-0.05, 0) is 18.6 Å². The van der Waals surface area contributed by atoms with Crippen molar-refractivity contribution in [2.24, 2.45) is 0 Å². The first-order valence-electron chi connectivity index (χ1n) is 5.30. The summed E-state index contributed by atoms with van der Waals surface area (Å²) in [7, 11) is 0. The first kappa shape index (κ1) is 13.2. The van der Waals surface area contributed by atoms with Crippen LogP contribution >= 0.6 is 15.9 Å². The van der Waals surface area contributed by atoms with Gasteiger partial charge in [0, 0.05) is 18.4 Å². The van der Waals surface area contributed by atoms with Crippen molar-refractivity contribution in [3.05, 3.63) is 35.6 Å². The second-order valence-electron chi connectivity index (χ2n) is 3.46. The molecule has 0 spiro atoms. The normalized spacial score (nSPS) is 10.2. The van der Waals surface area contributed by atoms with Crippen LogP contribution in [0.25, 0.3) is 0 Å². The molecule has 0 unspecified atom stereocenters. The first-order valence-corrected chi connectivity index (χ1v) is 6.42. The predicted octanol–water partition coefficient (Wildman–Crippen LogP) is 3.07. The van der Waals surface area contributed by atoms with Crippen molar-refractivity contribution >= 4 is 21.8 Å². The maximum absolute atomic E-state index is 13.4. The number of benzene rings is 1. The molecule has 1 rings (SSSR count). The Morgan fingerprint density at radius 1 is 1.38 bits per heavy atom. The van der Waals surface area contributed by atoms with E-state index in [-0.39, 0.29) is 11.5 Å². The third kappa shape index (κ3) is 3.30. The number of hydrogen-bond donors (Lipinski definition) is 0. The number of rotatable bonds is 5. The number of amides is 1. The molecular weight excluding hydrogens is 273 g/mol. The van der Waals surface area contributed by atoms with Gasteiger partial charge in [0.05, 0.1) is 5.56 Å². The second kappa shape index (κ2) is 6.63. The molecule has 0 aliphatic carbocycles. The zero-order chi connectivity index (χ0) is 12.0. The number of alkyl halides is 1.